The Morgan fingerprint density at radius 3 is 3.24 bits per heavy atom. The molecule has 1 saturated heterocycles. The lowest BCUT2D eigenvalue weighted by Gasteiger charge is -2.22. The molecule has 1 aliphatic rings. The van der Waals surface area contributed by atoms with Crippen molar-refractivity contribution < 1.29 is 9.26 Å². The second-order valence-electron chi connectivity index (χ2n) is 4.58. The zero-order valence-electron chi connectivity index (χ0n) is 10.4. The summed E-state index contributed by atoms with van der Waals surface area (Å²) in [7, 11) is 0. The average Bonchev–Trinajstić information content (AvgIpc) is 2.79. The van der Waals surface area contributed by atoms with Crippen LogP contribution in [0.15, 0.2) is 4.52 Å². The van der Waals surface area contributed by atoms with Crippen LogP contribution in [-0.2, 0) is 17.8 Å². The number of ether oxygens (including phenoxy) is 1. The minimum atomic E-state index is 0.462. The van der Waals surface area contributed by atoms with E-state index in [1.54, 1.807) is 0 Å². The molecule has 0 aliphatic carbocycles. The fourth-order valence-electron chi connectivity index (χ4n) is 2.05. The number of aryl methyl sites for hydroxylation is 1. The van der Waals surface area contributed by atoms with E-state index in [0.29, 0.717) is 24.2 Å². The van der Waals surface area contributed by atoms with E-state index in [1.807, 2.05) is 0 Å². The van der Waals surface area contributed by atoms with Gasteiger partial charge in [-0.15, -0.1) is 0 Å². The van der Waals surface area contributed by atoms with Gasteiger partial charge in [-0.1, -0.05) is 12.1 Å². The van der Waals surface area contributed by atoms with Crippen LogP contribution in [-0.4, -0.2) is 29.8 Å². The number of rotatable bonds is 6. The molecule has 17 heavy (non-hydrogen) atoms. The van der Waals surface area contributed by atoms with Gasteiger partial charge in [0.25, 0.3) is 0 Å². The highest BCUT2D eigenvalue weighted by atomic mass is 16.5. The van der Waals surface area contributed by atoms with Crippen LogP contribution in [0.25, 0.3) is 0 Å². The molecule has 2 heterocycles. The molecule has 1 aliphatic heterocycles. The van der Waals surface area contributed by atoms with Gasteiger partial charge in [0.1, 0.15) is 6.61 Å². The summed E-state index contributed by atoms with van der Waals surface area (Å²) in [6.07, 6.45) is 4.37. The Morgan fingerprint density at radius 2 is 2.47 bits per heavy atom. The van der Waals surface area contributed by atoms with Crippen LogP contribution in [0.1, 0.15) is 37.9 Å². The van der Waals surface area contributed by atoms with Crippen LogP contribution in [0.4, 0.5) is 0 Å². The van der Waals surface area contributed by atoms with E-state index in [-0.39, 0.29) is 0 Å². The number of hydrogen-bond donors (Lipinski definition) is 1. The first kappa shape index (κ1) is 12.5. The molecule has 0 bridgehead atoms. The van der Waals surface area contributed by atoms with Gasteiger partial charge >= 0.3 is 0 Å². The van der Waals surface area contributed by atoms with Crippen LogP contribution < -0.4 is 5.32 Å². The molecular weight excluding hydrogens is 218 g/mol. The Bertz CT molecular complexity index is 321. The highest BCUT2D eigenvalue weighted by Gasteiger charge is 2.13. The SMILES string of the molecule is CCCc1nc(COCC2CCCNC2)no1. The third-order valence-corrected chi connectivity index (χ3v) is 2.96. The summed E-state index contributed by atoms with van der Waals surface area (Å²) in [6, 6.07) is 0. The Labute approximate surface area is 102 Å². The maximum Gasteiger partial charge on any atom is 0.226 e. The number of nitrogens with zero attached hydrogens (tertiary/aromatic N) is 2. The Kier molecular flexibility index (Phi) is 4.94. The molecule has 1 atom stereocenters. The minimum Gasteiger partial charge on any atom is -0.373 e. The van der Waals surface area contributed by atoms with Crippen molar-refractivity contribution in [2.75, 3.05) is 19.7 Å². The van der Waals surface area contributed by atoms with Gasteiger partial charge in [-0.2, -0.15) is 4.98 Å². The smallest absolute Gasteiger partial charge is 0.226 e. The van der Waals surface area contributed by atoms with Crippen molar-refractivity contribution in [2.24, 2.45) is 5.92 Å². The molecule has 0 radical (unpaired) electrons. The summed E-state index contributed by atoms with van der Waals surface area (Å²) in [6.45, 7) is 5.54. The van der Waals surface area contributed by atoms with Crippen LogP contribution in [0.5, 0.6) is 0 Å². The van der Waals surface area contributed by atoms with Crippen molar-refractivity contribution in [3.63, 3.8) is 0 Å². The van der Waals surface area contributed by atoms with E-state index in [1.165, 1.54) is 12.8 Å². The minimum absolute atomic E-state index is 0.462. The molecule has 1 unspecified atom stereocenters. The first-order chi connectivity index (χ1) is 8.38. The van der Waals surface area contributed by atoms with Crippen LogP contribution in [0.2, 0.25) is 0 Å². The Balaban J connectivity index is 1.66. The molecule has 1 N–H and O–H groups in total. The first-order valence-corrected chi connectivity index (χ1v) is 6.48. The molecule has 1 aromatic rings. The van der Waals surface area contributed by atoms with Crippen LogP contribution in [0, 0.1) is 5.92 Å². The van der Waals surface area contributed by atoms with Gasteiger partial charge in [-0.3, -0.25) is 0 Å². The van der Waals surface area contributed by atoms with E-state index in [2.05, 4.69) is 22.4 Å². The van der Waals surface area contributed by atoms with Crippen molar-refractivity contribution >= 4 is 0 Å². The van der Waals surface area contributed by atoms with Crippen molar-refractivity contribution in [3.05, 3.63) is 11.7 Å². The fourth-order valence-corrected chi connectivity index (χ4v) is 2.05. The summed E-state index contributed by atoms with van der Waals surface area (Å²) in [5.41, 5.74) is 0. The molecule has 0 amide bonds. The van der Waals surface area contributed by atoms with E-state index < -0.39 is 0 Å². The van der Waals surface area contributed by atoms with Gasteiger partial charge in [0.05, 0.1) is 6.61 Å². The second-order valence-corrected chi connectivity index (χ2v) is 4.58. The molecule has 1 fully saturated rings. The van der Waals surface area contributed by atoms with E-state index in [9.17, 15) is 0 Å². The van der Waals surface area contributed by atoms with Gasteiger partial charge in [0, 0.05) is 13.0 Å². The lowest BCUT2D eigenvalue weighted by atomic mass is 10.0. The number of nitrogens with one attached hydrogen (secondary N) is 1. The van der Waals surface area contributed by atoms with Crippen molar-refractivity contribution in [3.8, 4) is 0 Å². The summed E-state index contributed by atoms with van der Waals surface area (Å²) in [4.78, 5) is 4.26. The van der Waals surface area contributed by atoms with Crippen molar-refractivity contribution in [1.29, 1.82) is 0 Å². The second kappa shape index (κ2) is 6.71. The molecular formula is C12H21N3O2. The predicted molar refractivity (Wildman–Crippen MR) is 63.5 cm³/mol. The molecule has 0 saturated carbocycles. The van der Waals surface area contributed by atoms with Gasteiger partial charge in [-0.05, 0) is 31.7 Å². The highest BCUT2D eigenvalue weighted by Crippen LogP contribution is 2.11. The monoisotopic (exact) mass is 239 g/mol. The topological polar surface area (TPSA) is 60.2 Å². The zero-order chi connectivity index (χ0) is 11.9. The number of aromatic nitrogens is 2. The Morgan fingerprint density at radius 1 is 1.53 bits per heavy atom. The lowest BCUT2D eigenvalue weighted by Crippen LogP contribution is -2.32. The summed E-state index contributed by atoms with van der Waals surface area (Å²) in [5, 5.41) is 7.27. The lowest BCUT2D eigenvalue weighted by molar-refractivity contribution is 0.0730. The number of hydrogen-bond acceptors (Lipinski definition) is 5. The number of piperidine rings is 1. The normalized spacial score (nSPS) is 20.6. The molecule has 1 aromatic heterocycles. The van der Waals surface area contributed by atoms with E-state index in [0.717, 1.165) is 32.5 Å². The summed E-state index contributed by atoms with van der Waals surface area (Å²) < 4.78 is 10.7. The van der Waals surface area contributed by atoms with Gasteiger partial charge < -0.3 is 14.6 Å². The van der Waals surface area contributed by atoms with Crippen molar-refractivity contribution in [2.45, 2.75) is 39.2 Å². The molecule has 2 rings (SSSR count). The summed E-state index contributed by atoms with van der Waals surface area (Å²) in [5.74, 6) is 2.01. The highest BCUT2D eigenvalue weighted by molar-refractivity contribution is 4.84. The summed E-state index contributed by atoms with van der Waals surface area (Å²) >= 11 is 0. The molecule has 5 heteroatoms. The first-order valence-electron chi connectivity index (χ1n) is 6.48. The fraction of sp³-hybridized carbons (Fsp3) is 0.833. The third-order valence-electron chi connectivity index (χ3n) is 2.96. The van der Waals surface area contributed by atoms with Gasteiger partial charge in [0.2, 0.25) is 5.89 Å². The molecule has 0 aromatic carbocycles. The quantitative estimate of drug-likeness (QED) is 0.816. The van der Waals surface area contributed by atoms with Crippen molar-refractivity contribution in [1.82, 2.24) is 15.5 Å². The standard InChI is InChI=1S/C12H21N3O2/c1-2-4-12-14-11(15-17-12)9-16-8-10-5-3-6-13-7-10/h10,13H,2-9H2,1H3. The maximum absolute atomic E-state index is 5.63. The molecule has 96 valence electrons. The average molecular weight is 239 g/mol. The van der Waals surface area contributed by atoms with Crippen LogP contribution >= 0.6 is 0 Å². The Hall–Kier alpha value is -0.940. The van der Waals surface area contributed by atoms with Gasteiger partial charge in [-0.25, -0.2) is 0 Å². The van der Waals surface area contributed by atoms with Crippen LogP contribution in [0.3, 0.4) is 0 Å². The zero-order valence-corrected chi connectivity index (χ0v) is 10.4. The van der Waals surface area contributed by atoms with E-state index in [4.69, 9.17) is 9.26 Å². The van der Waals surface area contributed by atoms with E-state index >= 15 is 0 Å². The third kappa shape index (κ3) is 4.09. The largest absolute Gasteiger partial charge is 0.373 e. The van der Waals surface area contributed by atoms with Gasteiger partial charge in [0.15, 0.2) is 5.82 Å². The molecule has 0 spiro atoms. The molecule has 5 nitrogen and oxygen atoms in total. The predicted octanol–water partition coefficient (Wildman–Crippen LogP) is 1.54. The maximum atomic E-state index is 5.63.